The zero-order valence-corrected chi connectivity index (χ0v) is 10.9. The van der Waals surface area contributed by atoms with E-state index in [0.717, 1.165) is 24.4 Å². The van der Waals surface area contributed by atoms with Crippen molar-refractivity contribution in [2.45, 2.75) is 58.5 Å². The van der Waals surface area contributed by atoms with Gasteiger partial charge in [-0.1, -0.05) is 20.8 Å². The molecule has 3 aliphatic carbocycles. The lowest BCUT2D eigenvalue weighted by molar-refractivity contribution is 0.140. The van der Waals surface area contributed by atoms with Crippen LogP contribution >= 0.6 is 0 Å². The van der Waals surface area contributed by atoms with E-state index in [2.05, 4.69) is 20.8 Å². The van der Waals surface area contributed by atoms with Crippen LogP contribution in [0.5, 0.6) is 0 Å². The summed E-state index contributed by atoms with van der Waals surface area (Å²) in [6, 6.07) is 0. The van der Waals surface area contributed by atoms with Gasteiger partial charge in [0.2, 0.25) is 0 Å². The molecule has 0 aromatic heterocycles. The maximum Gasteiger partial charge on any atom is 0.0947 e. The summed E-state index contributed by atoms with van der Waals surface area (Å²) in [4.78, 5) is 0. The fraction of sp³-hybridized carbons (Fsp3) is 1.00. The fourth-order valence-electron chi connectivity index (χ4n) is 5.30. The van der Waals surface area contributed by atoms with E-state index in [9.17, 15) is 0 Å². The molecule has 1 aliphatic heterocycles. The molecule has 4 aliphatic rings. The predicted molar refractivity (Wildman–Crippen MR) is 64.1 cm³/mol. The number of hydrogen-bond acceptors (Lipinski definition) is 1. The van der Waals surface area contributed by atoms with E-state index in [4.69, 9.17) is 4.74 Å². The van der Waals surface area contributed by atoms with Crippen LogP contribution in [0.2, 0.25) is 0 Å². The smallest absolute Gasteiger partial charge is 0.0947 e. The predicted octanol–water partition coefficient (Wildman–Crippen LogP) is 3.63. The highest BCUT2D eigenvalue weighted by molar-refractivity contribution is 5.17. The molecule has 5 atom stereocenters. The van der Waals surface area contributed by atoms with E-state index < -0.39 is 0 Å². The van der Waals surface area contributed by atoms with Gasteiger partial charge in [-0.2, -0.15) is 0 Å². The first-order valence-electron chi connectivity index (χ1n) is 7.09. The van der Waals surface area contributed by atoms with E-state index in [1.54, 1.807) is 0 Å². The Morgan fingerprint density at radius 1 is 1.00 bits per heavy atom. The van der Waals surface area contributed by atoms with Gasteiger partial charge in [0.15, 0.2) is 0 Å². The van der Waals surface area contributed by atoms with Crippen molar-refractivity contribution < 1.29 is 4.74 Å². The summed E-state index contributed by atoms with van der Waals surface area (Å²) in [6.07, 6.45) is 7.21. The van der Waals surface area contributed by atoms with Crippen LogP contribution in [-0.4, -0.2) is 12.2 Å². The summed E-state index contributed by atoms with van der Waals surface area (Å²) in [5.74, 6) is 2.91. The standard InChI is InChI=1S/C15H24O/c1-13(2)6-10-7-14(10,3)11-4-5-15(9-16-15)12(11)8-13/h10-12H,4-9H2,1-3H3/t10?,11?,12?,14-,15-/m1/s1. The van der Waals surface area contributed by atoms with Gasteiger partial charge in [0, 0.05) is 0 Å². The molecule has 0 aromatic carbocycles. The van der Waals surface area contributed by atoms with Crippen molar-refractivity contribution in [2.24, 2.45) is 28.6 Å². The summed E-state index contributed by atoms with van der Waals surface area (Å²) in [7, 11) is 0. The molecule has 1 spiro atoms. The summed E-state index contributed by atoms with van der Waals surface area (Å²) >= 11 is 0. The lowest BCUT2D eigenvalue weighted by atomic mass is 9.73. The van der Waals surface area contributed by atoms with Gasteiger partial charge in [-0.05, 0) is 60.7 Å². The first-order valence-corrected chi connectivity index (χ1v) is 7.09. The molecular weight excluding hydrogens is 196 g/mol. The summed E-state index contributed by atoms with van der Waals surface area (Å²) in [6.45, 7) is 8.62. The molecule has 4 rings (SSSR count). The minimum atomic E-state index is 0.364. The zero-order valence-electron chi connectivity index (χ0n) is 10.9. The van der Waals surface area contributed by atoms with Gasteiger partial charge in [0.25, 0.3) is 0 Å². The normalized spacial score (nSPS) is 61.3. The molecule has 1 heterocycles. The Morgan fingerprint density at radius 3 is 2.44 bits per heavy atom. The van der Waals surface area contributed by atoms with E-state index in [0.29, 0.717) is 16.4 Å². The number of epoxide rings is 1. The van der Waals surface area contributed by atoms with Crippen molar-refractivity contribution in [3.05, 3.63) is 0 Å². The van der Waals surface area contributed by atoms with Crippen LogP contribution in [-0.2, 0) is 4.74 Å². The topological polar surface area (TPSA) is 12.5 Å². The number of rotatable bonds is 0. The highest BCUT2D eigenvalue weighted by Crippen LogP contribution is 2.72. The van der Waals surface area contributed by atoms with Gasteiger partial charge in [-0.15, -0.1) is 0 Å². The fourth-order valence-corrected chi connectivity index (χ4v) is 5.30. The van der Waals surface area contributed by atoms with Gasteiger partial charge in [-0.3, -0.25) is 0 Å². The largest absolute Gasteiger partial charge is 0.369 e. The molecule has 1 heteroatoms. The molecule has 16 heavy (non-hydrogen) atoms. The molecule has 1 saturated heterocycles. The molecule has 0 bridgehead atoms. The Balaban J connectivity index is 1.73. The van der Waals surface area contributed by atoms with Gasteiger partial charge in [-0.25, -0.2) is 0 Å². The number of hydrogen-bond donors (Lipinski definition) is 0. The van der Waals surface area contributed by atoms with Crippen LogP contribution < -0.4 is 0 Å². The first kappa shape index (κ1) is 9.94. The van der Waals surface area contributed by atoms with Crippen LogP contribution in [0.3, 0.4) is 0 Å². The van der Waals surface area contributed by atoms with Gasteiger partial charge in [0.1, 0.15) is 0 Å². The third-order valence-corrected chi connectivity index (χ3v) is 6.43. The van der Waals surface area contributed by atoms with Crippen LogP contribution in [0.4, 0.5) is 0 Å². The van der Waals surface area contributed by atoms with Gasteiger partial charge >= 0.3 is 0 Å². The Hall–Kier alpha value is -0.0400. The van der Waals surface area contributed by atoms with Crippen LogP contribution in [0.1, 0.15) is 52.9 Å². The van der Waals surface area contributed by atoms with Crippen LogP contribution in [0.15, 0.2) is 0 Å². The SMILES string of the molecule is CC1(C)CC2C(CC[C@@]23CO3)[C@]2(C)CC2C1. The van der Waals surface area contributed by atoms with E-state index in [1.807, 2.05) is 0 Å². The van der Waals surface area contributed by atoms with Crippen molar-refractivity contribution >= 4 is 0 Å². The quantitative estimate of drug-likeness (QED) is 0.568. The highest BCUT2D eigenvalue weighted by atomic mass is 16.6. The maximum atomic E-state index is 5.89. The number of fused-ring (bicyclic) bond motifs is 4. The van der Waals surface area contributed by atoms with Crippen molar-refractivity contribution in [3.63, 3.8) is 0 Å². The first-order chi connectivity index (χ1) is 7.45. The van der Waals surface area contributed by atoms with Crippen molar-refractivity contribution in [1.29, 1.82) is 0 Å². The molecule has 0 radical (unpaired) electrons. The Bertz CT molecular complexity index is 341. The average Bonchev–Trinajstić information content (AvgIpc) is 3.00. The lowest BCUT2D eigenvalue weighted by Crippen LogP contribution is -2.29. The molecule has 1 nitrogen and oxygen atoms in total. The molecule has 3 saturated carbocycles. The maximum absolute atomic E-state index is 5.89. The molecule has 0 N–H and O–H groups in total. The Labute approximate surface area is 98.9 Å². The van der Waals surface area contributed by atoms with Crippen molar-refractivity contribution in [2.75, 3.05) is 6.61 Å². The molecule has 0 aromatic rings. The third kappa shape index (κ3) is 1.11. The van der Waals surface area contributed by atoms with Crippen LogP contribution in [0, 0.1) is 28.6 Å². The summed E-state index contributed by atoms with van der Waals surface area (Å²) < 4.78 is 5.89. The second kappa shape index (κ2) is 2.53. The van der Waals surface area contributed by atoms with E-state index >= 15 is 0 Å². The lowest BCUT2D eigenvalue weighted by Gasteiger charge is -2.31. The molecule has 4 fully saturated rings. The van der Waals surface area contributed by atoms with Gasteiger partial charge in [0.05, 0.1) is 12.2 Å². The minimum absolute atomic E-state index is 0.364. The summed E-state index contributed by atoms with van der Waals surface area (Å²) in [5.41, 5.74) is 1.63. The van der Waals surface area contributed by atoms with Crippen LogP contribution in [0.25, 0.3) is 0 Å². The van der Waals surface area contributed by atoms with E-state index in [-0.39, 0.29) is 0 Å². The Morgan fingerprint density at radius 2 is 1.75 bits per heavy atom. The third-order valence-electron chi connectivity index (χ3n) is 6.43. The second-order valence-corrected chi connectivity index (χ2v) is 8.08. The monoisotopic (exact) mass is 220 g/mol. The molecule has 90 valence electrons. The Kier molecular flexibility index (Phi) is 1.57. The molecule has 3 unspecified atom stereocenters. The van der Waals surface area contributed by atoms with Crippen molar-refractivity contribution in [3.8, 4) is 0 Å². The minimum Gasteiger partial charge on any atom is -0.369 e. The van der Waals surface area contributed by atoms with Gasteiger partial charge < -0.3 is 4.74 Å². The average molecular weight is 220 g/mol. The second-order valence-electron chi connectivity index (χ2n) is 8.08. The molecule has 0 amide bonds. The number of ether oxygens (including phenoxy) is 1. The molecular formula is C15H24O. The highest BCUT2D eigenvalue weighted by Gasteiger charge is 2.69. The summed E-state index contributed by atoms with van der Waals surface area (Å²) in [5, 5.41) is 0. The zero-order chi connectivity index (χ0) is 11.2. The van der Waals surface area contributed by atoms with E-state index in [1.165, 1.54) is 32.1 Å². The van der Waals surface area contributed by atoms with Crippen molar-refractivity contribution in [1.82, 2.24) is 0 Å².